The smallest absolute Gasteiger partial charge is 0.252 e. The maximum absolute atomic E-state index is 12.1. The van der Waals surface area contributed by atoms with E-state index in [0.29, 0.717) is 17.6 Å². The maximum Gasteiger partial charge on any atom is 0.252 e. The lowest BCUT2D eigenvalue weighted by Crippen LogP contribution is -2.17. The maximum atomic E-state index is 12.1. The highest BCUT2D eigenvalue weighted by Gasteiger charge is 2.21. The summed E-state index contributed by atoms with van der Waals surface area (Å²) in [7, 11) is 0. The highest BCUT2D eigenvalue weighted by Crippen LogP contribution is 2.28. The Morgan fingerprint density at radius 1 is 1.10 bits per heavy atom. The highest BCUT2D eigenvalue weighted by atomic mass is 16.3. The number of phenols is 1. The van der Waals surface area contributed by atoms with Gasteiger partial charge in [0.2, 0.25) is 5.95 Å². The molecule has 0 bridgehead atoms. The van der Waals surface area contributed by atoms with Crippen molar-refractivity contribution >= 4 is 5.95 Å². The van der Waals surface area contributed by atoms with Crippen molar-refractivity contribution in [3.63, 3.8) is 0 Å². The molecule has 0 amide bonds. The molecule has 2 aromatic carbocycles. The van der Waals surface area contributed by atoms with Crippen LogP contribution in [0.15, 0.2) is 47.3 Å². The van der Waals surface area contributed by atoms with Gasteiger partial charge in [-0.25, -0.2) is 4.98 Å². The number of nitrogens with one attached hydrogen (secondary N) is 2. The third-order valence-electron chi connectivity index (χ3n) is 6.00. The molecule has 4 rings (SSSR count). The molecule has 5 heteroatoms. The summed E-state index contributed by atoms with van der Waals surface area (Å²) >= 11 is 0. The summed E-state index contributed by atoms with van der Waals surface area (Å²) in [5.41, 5.74) is 7.08. The molecule has 5 nitrogen and oxygen atoms in total. The summed E-state index contributed by atoms with van der Waals surface area (Å²) in [5, 5.41) is 13.0. The lowest BCUT2D eigenvalue weighted by Gasteiger charge is -2.12. The summed E-state index contributed by atoms with van der Waals surface area (Å²) in [4.78, 5) is 19.6. The molecule has 3 aromatic rings. The normalized spacial score (nSPS) is 13.4. The van der Waals surface area contributed by atoms with Crippen molar-refractivity contribution in [3.8, 4) is 5.75 Å². The molecule has 0 spiro atoms. The molecular weight excluding hydrogens is 374 g/mol. The van der Waals surface area contributed by atoms with Crippen LogP contribution in [-0.4, -0.2) is 21.6 Å². The molecule has 0 aliphatic heterocycles. The number of hydrogen-bond donors (Lipinski definition) is 3. The molecule has 0 unspecified atom stereocenters. The molecule has 1 aromatic heterocycles. The van der Waals surface area contributed by atoms with Gasteiger partial charge >= 0.3 is 0 Å². The van der Waals surface area contributed by atoms with Crippen molar-refractivity contribution in [1.29, 1.82) is 0 Å². The molecule has 1 aliphatic rings. The minimum atomic E-state index is -0.108. The first-order valence-corrected chi connectivity index (χ1v) is 10.7. The Hall–Kier alpha value is -3.08. The standard InChI is InChI=1S/C25H29N3O2/c1-16-10-22(29)11-17(2)23(16)8-5-9-26-25-27-21(15-24(30)28-25)14-18-12-19-6-3-4-7-20(19)13-18/h3-4,6-7,10-11,15,18,29H,5,8-9,12-14H2,1-2H3,(H2,26,27,28,30). The first-order chi connectivity index (χ1) is 14.5. The Labute approximate surface area is 177 Å². The zero-order valence-corrected chi connectivity index (χ0v) is 17.7. The number of aromatic hydroxyl groups is 1. The number of nitrogens with zero attached hydrogens (tertiary/aromatic N) is 1. The molecule has 3 N–H and O–H groups in total. The number of aromatic amines is 1. The Morgan fingerprint density at radius 2 is 1.77 bits per heavy atom. The van der Waals surface area contributed by atoms with Crippen molar-refractivity contribution in [2.75, 3.05) is 11.9 Å². The van der Waals surface area contributed by atoms with Crippen LogP contribution in [0.25, 0.3) is 0 Å². The first kappa shape index (κ1) is 20.2. The second kappa shape index (κ2) is 8.74. The van der Waals surface area contributed by atoms with E-state index in [1.54, 1.807) is 18.2 Å². The van der Waals surface area contributed by atoms with Crippen LogP contribution >= 0.6 is 0 Å². The van der Waals surface area contributed by atoms with Gasteiger partial charge in [0.15, 0.2) is 0 Å². The molecule has 0 atom stereocenters. The number of benzene rings is 2. The van der Waals surface area contributed by atoms with E-state index in [0.717, 1.165) is 55.5 Å². The zero-order valence-electron chi connectivity index (χ0n) is 17.7. The van der Waals surface area contributed by atoms with Crippen molar-refractivity contribution in [3.05, 3.63) is 86.3 Å². The third kappa shape index (κ3) is 4.73. The number of aryl methyl sites for hydroxylation is 2. The van der Waals surface area contributed by atoms with Crippen LogP contribution in [0.1, 0.15) is 39.9 Å². The number of fused-ring (bicyclic) bond motifs is 1. The van der Waals surface area contributed by atoms with Gasteiger partial charge in [0.25, 0.3) is 5.56 Å². The van der Waals surface area contributed by atoms with Gasteiger partial charge in [0.1, 0.15) is 5.75 Å². The minimum absolute atomic E-state index is 0.108. The van der Waals surface area contributed by atoms with Crippen LogP contribution in [-0.2, 0) is 25.7 Å². The fraction of sp³-hybridized carbons (Fsp3) is 0.360. The van der Waals surface area contributed by atoms with E-state index in [9.17, 15) is 9.90 Å². The number of anilines is 1. The fourth-order valence-electron chi connectivity index (χ4n) is 4.62. The van der Waals surface area contributed by atoms with Crippen LogP contribution < -0.4 is 10.9 Å². The average molecular weight is 404 g/mol. The monoisotopic (exact) mass is 403 g/mol. The number of aromatic nitrogens is 2. The fourth-order valence-corrected chi connectivity index (χ4v) is 4.62. The summed E-state index contributed by atoms with van der Waals surface area (Å²) in [6, 6.07) is 13.8. The van der Waals surface area contributed by atoms with E-state index < -0.39 is 0 Å². The van der Waals surface area contributed by atoms with Gasteiger partial charge in [-0.05, 0) is 91.8 Å². The molecule has 156 valence electrons. The Balaban J connectivity index is 1.33. The summed E-state index contributed by atoms with van der Waals surface area (Å²) in [6.45, 7) is 4.78. The Bertz CT molecular complexity index is 1060. The van der Waals surface area contributed by atoms with Crippen molar-refractivity contribution in [1.82, 2.24) is 9.97 Å². The second-order valence-electron chi connectivity index (χ2n) is 8.42. The number of rotatable bonds is 7. The van der Waals surface area contributed by atoms with E-state index in [1.807, 2.05) is 13.8 Å². The predicted molar refractivity (Wildman–Crippen MR) is 120 cm³/mol. The summed E-state index contributed by atoms with van der Waals surface area (Å²) in [6.07, 6.45) is 4.75. The zero-order chi connectivity index (χ0) is 21.1. The summed E-state index contributed by atoms with van der Waals surface area (Å²) < 4.78 is 0. The lowest BCUT2D eigenvalue weighted by molar-refractivity contribution is 0.474. The van der Waals surface area contributed by atoms with Gasteiger partial charge in [-0.3, -0.25) is 9.78 Å². The van der Waals surface area contributed by atoms with Gasteiger partial charge in [-0.2, -0.15) is 0 Å². The van der Waals surface area contributed by atoms with E-state index in [1.165, 1.54) is 16.7 Å². The van der Waals surface area contributed by atoms with Crippen molar-refractivity contribution in [2.45, 2.75) is 46.0 Å². The third-order valence-corrected chi connectivity index (χ3v) is 6.00. The topological polar surface area (TPSA) is 78.0 Å². The SMILES string of the molecule is Cc1cc(O)cc(C)c1CCCNc1nc(CC2Cc3ccccc3C2)cc(=O)[nH]1. The number of H-pyrrole nitrogens is 1. The van der Waals surface area contributed by atoms with Gasteiger partial charge in [-0.1, -0.05) is 24.3 Å². The Kier molecular flexibility index (Phi) is 5.88. The molecule has 1 heterocycles. The van der Waals surface area contributed by atoms with E-state index in [-0.39, 0.29) is 5.56 Å². The van der Waals surface area contributed by atoms with E-state index in [2.05, 4.69) is 39.6 Å². The molecule has 1 aliphatic carbocycles. The van der Waals surface area contributed by atoms with Crippen molar-refractivity contribution in [2.24, 2.45) is 5.92 Å². The van der Waals surface area contributed by atoms with Crippen LogP contribution in [0.4, 0.5) is 5.95 Å². The molecule has 30 heavy (non-hydrogen) atoms. The van der Waals surface area contributed by atoms with Crippen LogP contribution in [0, 0.1) is 19.8 Å². The predicted octanol–water partition coefficient (Wildman–Crippen LogP) is 4.09. The lowest BCUT2D eigenvalue weighted by atomic mass is 9.98. The molecule has 0 fully saturated rings. The van der Waals surface area contributed by atoms with Gasteiger partial charge < -0.3 is 10.4 Å². The minimum Gasteiger partial charge on any atom is -0.508 e. The van der Waals surface area contributed by atoms with Crippen molar-refractivity contribution < 1.29 is 5.11 Å². The van der Waals surface area contributed by atoms with Crippen LogP contribution in [0.5, 0.6) is 5.75 Å². The first-order valence-electron chi connectivity index (χ1n) is 10.7. The molecule has 0 saturated carbocycles. The Morgan fingerprint density at radius 3 is 2.43 bits per heavy atom. The van der Waals surface area contributed by atoms with Gasteiger partial charge in [0.05, 0.1) is 5.69 Å². The van der Waals surface area contributed by atoms with Gasteiger partial charge in [-0.15, -0.1) is 0 Å². The highest BCUT2D eigenvalue weighted by molar-refractivity contribution is 5.40. The second-order valence-corrected chi connectivity index (χ2v) is 8.42. The van der Waals surface area contributed by atoms with Crippen LogP contribution in [0.3, 0.4) is 0 Å². The quantitative estimate of drug-likeness (QED) is 0.519. The number of hydrogen-bond acceptors (Lipinski definition) is 4. The van der Waals surface area contributed by atoms with Crippen LogP contribution in [0.2, 0.25) is 0 Å². The molecule has 0 radical (unpaired) electrons. The largest absolute Gasteiger partial charge is 0.508 e. The number of phenolic OH excluding ortho intramolecular Hbond substituents is 1. The van der Waals surface area contributed by atoms with Gasteiger partial charge in [0, 0.05) is 12.6 Å². The van der Waals surface area contributed by atoms with E-state index in [4.69, 9.17) is 0 Å². The molecule has 0 saturated heterocycles. The summed E-state index contributed by atoms with van der Waals surface area (Å²) in [5.74, 6) is 1.37. The molecular formula is C25H29N3O2. The average Bonchev–Trinajstić information content (AvgIpc) is 3.08. The van der Waals surface area contributed by atoms with E-state index >= 15 is 0 Å².